The maximum absolute atomic E-state index is 2.38. The van der Waals surface area contributed by atoms with Gasteiger partial charge in [0.05, 0.1) is 0 Å². The van der Waals surface area contributed by atoms with Gasteiger partial charge in [-0.25, -0.2) is 0 Å². The molecule has 0 atom stereocenters. The second-order valence-corrected chi connectivity index (χ2v) is 20.2. The van der Waals surface area contributed by atoms with Gasteiger partial charge >= 0.3 is 23.1 Å². The van der Waals surface area contributed by atoms with Gasteiger partial charge in [0.25, 0.3) is 0 Å². The monoisotopic (exact) mass is 310 g/mol. The Morgan fingerprint density at radius 1 is 0.368 bits per heavy atom. The maximum atomic E-state index is 2.38. The SMILES string of the molecule is C[CH2][Al-]([CH2]C)([CH2]C)[CH2]C.C[CH2][Al-]([CH2]C)([CH2]C)[CH2]C.[Mg+2]. The summed E-state index contributed by atoms with van der Waals surface area (Å²) in [5.74, 6) is 0. The molecule has 0 bridgehead atoms. The zero-order chi connectivity index (χ0) is 14.7. The van der Waals surface area contributed by atoms with Crippen LogP contribution in [0.2, 0.25) is 42.3 Å². The van der Waals surface area contributed by atoms with Crippen LogP contribution in [0.3, 0.4) is 0 Å². The van der Waals surface area contributed by atoms with Crippen molar-refractivity contribution < 1.29 is 0 Å². The average molecular weight is 311 g/mol. The summed E-state index contributed by atoms with van der Waals surface area (Å²) < 4.78 is 0. The summed E-state index contributed by atoms with van der Waals surface area (Å²) in [5.41, 5.74) is 0. The third kappa shape index (κ3) is 9.45. The molecule has 112 valence electrons. The van der Waals surface area contributed by atoms with Crippen LogP contribution in [0, 0.1) is 0 Å². The molecule has 0 aromatic carbocycles. The Bertz CT molecular complexity index is 121. The van der Waals surface area contributed by atoms with Gasteiger partial charge in [0, 0.05) is 0 Å². The number of rotatable bonds is 8. The minimum Gasteiger partial charge on any atom is -0.194 e. The van der Waals surface area contributed by atoms with Crippen molar-refractivity contribution in [2.45, 2.75) is 97.7 Å². The van der Waals surface area contributed by atoms with E-state index in [2.05, 4.69) is 55.4 Å². The summed E-state index contributed by atoms with van der Waals surface area (Å²) in [6.07, 6.45) is 0. The molecule has 0 aliphatic carbocycles. The minimum atomic E-state index is -0.963. The van der Waals surface area contributed by atoms with E-state index in [1.165, 1.54) is 42.3 Å². The molecule has 0 heterocycles. The Morgan fingerprint density at radius 2 is 0.474 bits per heavy atom. The van der Waals surface area contributed by atoms with Crippen molar-refractivity contribution >= 4 is 49.2 Å². The molecule has 19 heavy (non-hydrogen) atoms. The largest absolute Gasteiger partial charge is 2.00 e. The Morgan fingerprint density at radius 3 is 0.474 bits per heavy atom. The third-order valence-electron chi connectivity index (χ3n) is 6.93. The van der Waals surface area contributed by atoms with Crippen LogP contribution >= 0.6 is 0 Å². The second-order valence-electron chi connectivity index (χ2n) is 6.73. The van der Waals surface area contributed by atoms with Crippen LogP contribution in [0.15, 0.2) is 0 Å². The molecular formula is C16H40Al2Mg. The fourth-order valence-electron chi connectivity index (χ4n) is 3.46. The van der Waals surface area contributed by atoms with Crippen LogP contribution in [-0.2, 0) is 0 Å². The second kappa shape index (κ2) is 14.8. The van der Waals surface area contributed by atoms with E-state index >= 15 is 0 Å². The zero-order valence-corrected chi connectivity index (χ0v) is 19.2. The van der Waals surface area contributed by atoms with Crippen molar-refractivity contribution in [1.82, 2.24) is 0 Å². The molecule has 0 spiro atoms. The van der Waals surface area contributed by atoms with Crippen molar-refractivity contribution in [2.75, 3.05) is 0 Å². The molecule has 0 aliphatic rings. The Hall–Kier alpha value is 1.83. The molecule has 0 nitrogen and oxygen atoms in total. The number of hydrogen-bond donors (Lipinski definition) is 0. The molecule has 0 radical (unpaired) electrons. The first kappa shape index (κ1) is 25.8. The summed E-state index contributed by atoms with van der Waals surface area (Å²) in [7, 11) is 0. The molecule has 0 aromatic heterocycles. The first-order valence-corrected chi connectivity index (χ1v) is 15.5. The molecule has 0 aliphatic heterocycles. The van der Waals surface area contributed by atoms with Crippen molar-refractivity contribution in [3.63, 3.8) is 0 Å². The van der Waals surface area contributed by atoms with Gasteiger partial charge in [-0.1, -0.05) is 0 Å². The van der Waals surface area contributed by atoms with Gasteiger partial charge in [-0.2, -0.15) is 42.3 Å². The molecular weight excluding hydrogens is 270 g/mol. The summed E-state index contributed by atoms with van der Waals surface area (Å²) in [6, 6.07) is 0. The zero-order valence-electron chi connectivity index (χ0n) is 15.5. The Balaban J connectivity index is -0.000000256. The first-order valence-electron chi connectivity index (χ1n) is 8.92. The molecule has 0 amide bonds. The van der Waals surface area contributed by atoms with E-state index in [0.717, 1.165) is 0 Å². The predicted octanol–water partition coefficient (Wildman–Crippen LogP) is 6.65. The van der Waals surface area contributed by atoms with Gasteiger partial charge in [0.1, 0.15) is 26.2 Å². The van der Waals surface area contributed by atoms with Crippen molar-refractivity contribution in [2.24, 2.45) is 0 Å². The van der Waals surface area contributed by atoms with E-state index < -0.39 is 26.2 Å². The predicted molar refractivity (Wildman–Crippen MR) is 101 cm³/mol. The van der Waals surface area contributed by atoms with E-state index in [-0.39, 0.29) is 23.1 Å². The average Bonchev–Trinajstić information content (AvgIpc) is 2.46. The van der Waals surface area contributed by atoms with Crippen molar-refractivity contribution in [1.29, 1.82) is 0 Å². The van der Waals surface area contributed by atoms with Crippen molar-refractivity contribution in [3.8, 4) is 0 Å². The minimum absolute atomic E-state index is 0. The van der Waals surface area contributed by atoms with E-state index in [4.69, 9.17) is 0 Å². The Labute approximate surface area is 146 Å². The molecule has 0 saturated carbocycles. The van der Waals surface area contributed by atoms with Gasteiger partial charge < -0.3 is 0 Å². The Kier molecular flexibility index (Phi) is 20.0. The van der Waals surface area contributed by atoms with E-state index in [1.807, 2.05) is 0 Å². The fraction of sp³-hybridized carbons (Fsp3) is 1.00. The molecule has 3 heteroatoms. The topological polar surface area (TPSA) is 0 Å². The van der Waals surface area contributed by atoms with Crippen molar-refractivity contribution in [3.05, 3.63) is 0 Å². The van der Waals surface area contributed by atoms with Gasteiger partial charge in [0.15, 0.2) is 0 Å². The molecule has 0 fully saturated rings. The fourth-order valence-corrected chi connectivity index (χ4v) is 10.4. The molecule has 0 aromatic rings. The smallest absolute Gasteiger partial charge is 0.194 e. The van der Waals surface area contributed by atoms with Crippen LogP contribution in [-0.4, -0.2) is 49.2 Å². The van der Waals surface area contributed by atoms with E-state index in [9.17, 15) is 0 Å². The molecule has 0 unspecified atom stereocenters. The van der Waals surface area contributed by atoms with E-state index in [1.54, 1.807) is 0 Å². The van der Waals surface area contributed by atoms with Crippen LogP contribution in [0.25, 0.3) is 0 Å². The molecule has 0 rings (SSSR count). The maximum Gasteiger partial charge on any atom is 2.00 e. The third-order valence-corrected chi connectivity index (χ3v) is 20.8. The summed E-state index contributed by atoms with van der Waals surface area (Å²) >= 11 is -1.93. The van der Waals surface area contributed by atoms with Crippen LogP contribution in [0.5, 0.6) is 0 Å². The van der Waals surface area contributed by atoms with Gasteiger partial charge in [-0.05, 0) is 0 Å². The van der Waals surface area contributed by atoms with Crippen LogP contribution in [0.4, 0.5) is 0 Å². The summed E-state index contributed by atoms with van der Waals surface area (Å²) in [6.45, 7) is 19.0. The van der Waals surface area contributed by atoms with Gasteiger partial charge in [0.2, 0.25) is 0 Å². The van der Waals surface area contributed by atoms with Crippen LogP contribution in [0.1, 0.15) is 55.4 Å². The normalized spacial score (nSPS) is 11.4. The number of hydrogen-bond acceptors (Lipinski definition) is 0. The van der Waals surface area contributed by atoms with Crippen LogP contribution < -0.4 is 0 Å². The van der Waals surface area contributed by atoms with Gasteiger partial charge in [-0.15, -0.1) is 55.4 Å². The summed E-state index contributed by atoms with van der Waals surface area (Å²) in [4.78, 5) is 0. The molecule has 0 saturated heterocycles. The van der Waals surface area contributed by atoms with Gasteiger partial charge in [-0.3, -0.25) is 0 Å². The first-order chi connectivity index (χ1) is 8.49. The van der Waals surface area contributed by atoms with E-state index in [0.29, 0.717) is 0 Å². The summed E-state index contributed by atoms with van der Waals surface area (Å²) in [5, 5.41) is 12.1. The molecule has 0 N–H and O–H groups in total. The standard InChI is InChI=1S/8C2H5.2Al.Mg/c8*1-2;;;/h8*1H2,2H3;;;/q;;;;;;;;2*-1;+2. The quantitative estimate of drug-likeness (QED) is 0.440.